The molecule has 0 radical (unpaired) electrons. The van der Waals surface area contributed by atoms with Gasteiger partial charge in [-0.2, -0.15) is 0 Å². The van der Waals surface area contributed by atoms with Crippen LogP contribution in [-0.4, -0.2) is 20.9 Å². The first-order valence-electron chi connectivity index (χ1n) is 7.83. The summed E-state index contributed by atoms with van der Waals surface area (Å²) in [7, 11) is 0. The lowest BCUT2D eigenvalue weighted by Crippen LogP contribution is -2.15. The van der Waals surface area contributed by atoms with Gasteiger partial charge in [0.05, 0.1) is 28.5 Å². The number of aromatic amines is 1. The molecule has 0 fully saturated rings. The maximum absolute atomic E-state index is 12.7. The van der Waals surface area contributed by atoms with E-state index in [9.17, 15) is 4.79 Å². The molecule has 0 aliphatic rings. The van der Waals surface area contributed by atoms with E-state index in [-0.39, 0.29) is 5.91 Å². The molecule has 0 saturated heterocycles. The summed E-state index contributed by atoms with van der Waals surface area (Å²) in [6.45, 7) is 3.70. The molecule has 3 heterocycles. The van der Waals surface area contributed by atoms with Crippen molar-refractivity contribution in [2.24, 2.45) is 0 Å². The monoisotopic (exact) mass is 350 g/mol. The highest BCUT2D eigenvalue weighted by molar-refractivity contribution is 6.34. The number of rotatable bonds is 2. The van der Waals surface area contributed by atoms with Crippen molar-refractivity contribution >= 4 is 45.0 Å². The van der Waals surface area contributed by atoms with Crippen LogP contribution < -0.4 is 5.32 Å². The Morgan fingerprint density at radius 3 is 2.84 bits per heavy atom. The van der Waals surface area contributed by atoms with Crippen LogP contribution in [0.3, 0.4) is 0 Å². The minimum Gasteiger partial charge on any atom is -0.352 e. The Kier molecular flexibility index (Phi) is 3.66. The second kappa shape index (κ2) is 5.86. The molecule has 4 aromatic rings. The lowest BCUT2D eigenvalue weighted by atomic mass is 10.1. The van der Waals surface area contributed by atoms with Gasteiger partial charge in [-0.15, -0.1) is 0 Å². The highest BCUT2D eigenvalue weighted by Gasteiger charge is 2.17. The molecular weight excluding hydrogens is 336 g/mol. The van der Waals surface area contributed by atoms with Crippen LogP contribution in [-0.2, 0) is 0 Å². The first-order chi connectivity index (χ1) is 12.1. The summed E-state index contributed by atoms with van der Waals surface area (Å²) < 4.78 is 0. The summed E-state index contributed by atoms with van der Waals surface area (Å²) >= 11 is 6.42. The Bertz CT molecular complexity index is 1130. The molecule has 3 aromatic heterocycles. The molecule has 2 N–H and O–H groups in total. The van der Waals surface area contributed by atoms with Gasteiger partial charge in [-0.05, 0) is 43.7 Å². The zero-order valence-corrected chi connectivity index (χ0v) is 14.5. The average molecular weight is 351 g/mol. The second-order valence-corrected chi connectivity index (χ2v) is 6.32. The largest absolute Gasteiger partial charge is 0.352 e. The van der Waals surface area contributed by atoms with Crippen LogP contribution in [0.15, 0.2) is 42.9 Å². The minimum atomic E-state index is -0.214. The number of aryl methyl sites for hydroxylation is 1. The quantitative estimate of drug-likeness (QED) is 0.553. The Morgan fingerprint density at radius 2 is 2.04 bits per heavy atom. The van der Waals surface area contributed by atoms with Crippen molar-refractivity contribution in [2.45, 2.75) is 13.8 Å². The zero-order valence-electron chi connectivity index (χ0n) is 13.7. The fourth-order valence-electron chi connectivity index (χ4n) is 3.02. The average Bonchev–Trinajstić information content (AvgIpc) is 2.97. The van der Waals surface area contributed by atoms with Gasteiger partial charge >= 0.3 is 0 Å². The smallest absolute Gasteiger partial charge is 0.257 e. The van der Waals surface area contributed by atoms with E-state index in [4.69, 9.17) is 11.6 Å². The van der Waals surface area contributed by atoms with Gasteiger partial charge in [0.2, 0.25) is 0 Å². The van der Waals surface area contributed by atoms with Crippen LogP contribution in [0.4, 0.5) is 5.69 Å². The zero-order chi connectivity index (χ0) is 17.6. The Morgan fingerprint density at radius 1 is 1.20 bits per heavy atom. The van der Waals surface area contributed by atoms with Gasteiger partial charge in [-0.25, -0.2) is 0 Å². The third kappa shape index (κ3) is 2.53. The van der Waals surface area contributed by atoms with Gasteiger partial charge < -0.3 is 10.3 Å². The normalized spacial score (nSPS) is 11.2. The summed E-state index contributed by atoms with van der Waals surface area (Å²) in [5, 5.41) is 5.56. The van der Waals surface area contributed by atoms with Crippen molar-refractivity contribution in [2.75, 3.05) is 5.32 Å². The number of anilines is 1. The van der Waals surface area contributed by atoms with Crippen LogP contribution in [0.1, 0.15) is 21.6 Å². The van der Waals surface area contributed by atoms with Gasteiger partial charge in [0.15, 0.2) is 0 Å². The topological polar surface area (TPSA) is 70.7 Å². The number of amides is 1. The number of carbonyl (C=O) groups excluding carboxylic acids is 1. The molecule has 0 bridgehead atoms. The molecule has 0 aliphatic heterocycles. The van der Waals surface area contributed by atoms with E-state index >= 15 is 0 Å². The Labute approximate surface area is 149 Å². The van der Waals surface area contributed by atoms with E-state index in [0.29, 0.717) is 22.0 Å². The molecule has 0 aliphatic carbocycles. The van der Waals surface area contributed by atoms with Crippen LogP contribution in [0.25, 0.3) is 21.8 Å². The standard InChI is InChI=1S/C19H15ClN4O/c1-10-15(20)8-14-13-5-7-21-9-16(13)23-18(14)17(10)24-19(25)12-4-3-6-22-11(12)2/h3-9,23H,1-2H3,(H,24,25). The van der Waals surface area contributed by atoms with E-state index in [1.165, 1.54) is 0 Å². The molecule has 0 atom stereocenters. The predicted molar refractivity (Wildman–Crippen MR) is 100 cm³/mol. The van der Waals surface area contributed by atoms with Crippen LogP contribution in [0.2, 0.25) is 5.02 Å². The van der Waals surface area contributed by atoms with E-state index in [2.05, 4.69) is 20.3 Å². The molecule has 0 unspecified atom stereocenters. The number of nitrogens with one attached hydrogen (secondary N) is 2. The van der Waals surface area contributed by atoms with Gasteiger partial charge in [-0.1, -0.05) is 11.6 Å². The van der Waals surface area contributed by atoms with E-state index < -0.39 is 0 Å². The van der Waals surface area contributed by atoms with Crippen molar-refractivity contribution in [3.8, 4) is 0 Å². The van der Waals surface area contributed by atoms with Gasteiger partial charge in [-0.3, -0.25) is 14.8 Å². The number of hydrogen-bond donors (Lipinski definition) is 2. The highest BCUT2D eigenvalue weighted by Crippen LogP contribution is 2.36. The first-order valence-corrected chi connectivity index (χ1v) is 8.21. The van der Waals surface area contributed by atoms with Crippen molar-refractivity contribution in [1.29, 1.82) is 0 Å². The van der Waals surface area contributed by atoms with E-state index in [1.807, 2.05) is 26.0 Å². The van der Waals surface area contributed by atoms with E-state index in [1.54, 1.807) is 30.7 Å². The van der Waals surface area contributed by atoms with Crippen molar-refractivity contribution < 1.29 is 4.79 Å². The lowest BCUT2D eigenvalue weighted by molar-refractivity contribution is 0.102. The number of nitrogens with zero attached hydrogens (tertiary/aromatic N) is 2. The number of H-pyrrole nitrogens is 1. The number of fused-ring (bicyclic) bond motifs is 3. The number of pyridine rings is 2. The van der Waals surface area contributed by atoms with Crippen molar-refractivity contribution in [3.05, 3.63) is 64.7 Å². The van der Waals surface area contributed by atoms with Crippen molar-refractivity contribution in [1.82, 2.24) is 15.0 Å². The number of halogens is 1. The minimum absolute atomic E-state index is 0.214. The number of benzene rings is 1. The first kappa shape index (κ1) is 15.6. The maximum atomic E-state index is 12.7. The lowest BCUT2D eigenvalue weighted by Gasteiger charge is -2.12. The highest BCUT2D eigenvalue weighted by atomic mass is 35.5. The number of aromatic nitrogens is 3. The summed E-state index contributed by atoms with van der Waals surface area (Å²) in [5.74, 6) is -0.214. The molecule has 1 aromatic carbocycles. The molecule has 1 amide bonds. The molecule has 124 valence electrons. The van der Waals surface area contributed by atoms with Crippen LogP contribution >= 0.6 is 11.6 Å². The summed E-state index contributed by atoms with van der Waals surface area (Å²) in [6.07, 6.45) is 5.16. The Balaban J connectivity index is 1.90. The number of carbonyl (C=O) groups is 1. The molecule has 0 saturated carbocycles. The molecule has 25 heavy (non-hydrogen) atoms. The maximum Gasteiger partial charge on any atom is 0.257 e. The van der Waals surface area contributed by atoms with Gasteiger partial charge in [0.25, 0.3) is 5.91 Å². The van der Waals surface area contributed by atoms with Gasteiger partial charge in [0.1, 0.15) is 0 Å². The summed E-state index contributed by atoms with van der Waals surface area (Å²) in [4.78, 5) is 24.4. The fraction of sp³-hybridized carbons (Fsp3) is 0.105. The molecule has 4 rings (SSSR count). The third-order valence-electron chi connectivity index (χ3n) is 4.38. The molecule has 0 spiro atoms. The van der Waals surface area contributed by atoms with Crippen LogP contribution in [0.5, 0.6) is 0 Å². The molecule has 6 heteroatoms. The molecular formula is C19H15ClN4O. The predicted octanol–water partition coefficient (Wildman–Crippen LogP) is 4.63. The second-order valence-electron chi connectivity index (χ2n) is 5.92. The third-order valence-corrected chi connectivity index (χ3v) is 4.78. The Hall–Kier alpha value is -2.92. The van der Waals surface area contributed by atoms with Gasteiger partial charge in [0, 0.05) is 33.9 Å². The molecule has 5 nitrogen and oxygen atoms in total. The fourth-order valence-corrected chi connectivity index (χ4v) is 3.22. The number of hydrogen-bond acceptors (Lipinski definition) is 3. The SMILES string of the molecule is Cc1ncccc1C(=O)Nc1c(C)c(Cl)cc2c1[nH]c1cnccc12. The van der Waals surface area contributed by atoms with E-state index in [0.717, 1.165) is 27.4 Å². The van der Waals surface area contributed by atoms with Crippen LogP contribution in [0, 0.1) is 13.8 Å². The summed E-state index contributed by atoms with van der Waals surface area (Å²) in [5.41, 5.74) is 4.42. The van der Waals surface area contributed by atoms with Crippen molar-refractivity contribution in [3.63, 3.8) is 0 Å². The summed E-state index contributed by atoms with van der Waals surface area (Å²) in [6, 6.07) is 7.34.